The van der Waals surface area contributed by atoms with Crippen molar-refractivity contribution in [1.82, 2.24) is 0 Å². The highest BCUT2D eigenvalue weighted by atomic mass is 32.1. The van der Waals surface area contributed by atoms with Crippen molar-refractivity contribution in [3.8, 4) is 0 Å². The first-order valence-electron chi connectivity index (χ1n) is 9.59. The van der Waals surface area contributed by atoms with Crippen LogP contribution in [0, 0.1) is 5.82 Å². The minimum absolute atomic E-state index is 0.0941. The molecule has 1 heterocycles. The highest BCUT2D eigenvalue weighted by Crippen LogP contribution is 2.42. The topological polar surface area (TPSA) is 58.2 Å². The van der Waals surface area contributed by atoms with Gasteiger partial charge < -0.3 is 10.6 Å². The second-order valence-electron chi connectivity index (χ2n) is 7.26. The molecule has 3 aromatic rings. The van der Waals surface area contributed by atoms with Crippen molar-refractivity contribution < 1.29 is 14.0 Å². The fraction of sp³-hybridized carbons (Fsp3) is 0.217. The maximum Gasteiger partial charge on any atom is 0.265 e. The summed E-state index contributed by atoms with van der Waals surface area (Å²) in [5, 5.41) is 7.71. The molecule has 1 aliphatic rings. The van der Waals surface area contributed by atoms with Gasteiger partial charge in [-0.1, -0.05) is 37.1 Å². The number of nitrogens with one attached hydrogen (secondary N) is 2. The van der Waals surface area contributed by atoms with E-state index >= 15 is 0 Å². The molecule has 1 saturated carbocycles. The summed E-state index contributed by atoms with van der Waals surface area (Å²) in [6.07, 6.45) is 3.39. The number of benzene rings is 2. The summed E-state index contributed by atoms with van der Waals surface area (Å²) in [5.74, 6) is -0.582. The Bertz CT molecular complexity index is 1010. The van der Waals surface area contributed by atoms with Gasteiger partial charge in [0.25, 0.3) is 5.91 Å². The number of amides is 2. The normalized spacial score (nSPS) is 15.1. The number of thiophene rings is 1. The standard InChI is InChI=1S/C23H21FN2O2S/c24-17-10-8-16(9-11-17)23(12-1-2-13-23)22(28)26-19-6-3-5-18(15-19)25-21(27)20-7-4-14-29-20/h3-11,14-15H,1-2,12-13H2,(H,25,27)(H,26,28). The number of rotatable bonds is 5. The van der Waals surface area contributed by atoms with Crippen molar-refractivity contribution in [1.29, 1.82) is 0 Å². The Morgan fingerprint density at radius 1 is 0.897 bits per heavy atom. The number of halogens is 1. The van der Waals surface area contributed by atoms with E-state index in [1.54, 1.807) is 42.5 Å². The average molecular weight is 408 g/mol. The van der Waals surface area contributed by atoms with Gasteiger partial charge in [0.05, 0.1) is 10.3 Å². The molecule has 1 aromatic heterocycles. The second kappa shape index (κ2) is 8.17. The molecule has 4 nitrogen and oxygen atoms in total. The lowest BCUT2D eigenvalue weighted by Crippen LogP contribution is -2.38. The molecule has 2 aromatic carbocycles. The van der Waals surface area contributed by atoms with Crippen LogP contribution in [-0.4, -0.2) is 11.8 Å². The van der Waals surface area contributed by atoms with E-state index in [9.17, 15) is 14.0 Å². The third kappa shape index (κ3) is 4.07. The first-order chi connectivity index (χ1) is 14.1. The van der Waals surface area contributed by atoms with Crippen LogP contribution in [0.3, 0.4) is 0 Å². The van der Waals surface area contributed by atoms with Gasteiger partial charge in [0.2, 0.25) is 5.91 Å². The number of hydrogen-bond donors (Lipinski definition) is 2. The zero-order valence-corrected chi connectivity index (χ0v) is 16.6. The van der Waals surface area contributed by atoms with Crippen LogP contribution in [0.25, 0.3) is 0 Å². The molecule has 0 saturated heterocycles. The van der Waals surface area contributed by atoms with Crippen LogP contribution in [0.15, 0.2) is 66.0 Å². The van der Waals surface area contributed by atoms with Crippen molar-refractivity contribution >= 4 is 34.5 Å². The number of hydrogen-bond acceptors (Lipinski definition) is 3. The lowest BCUT2D eigenvalue weighted by Gasteiger charge is -2.28. The predicted octanol–water partition coefficient (Wildman–Crippen LogP) is 5.59. The van der Waals surface area contributed by atoms with Crippen molar-refractivity contribution in [2.75, 3.05) is 10.6 Å². The van der Waals surface area contributed by atoms with Gasteiger partial charge in [-0.25, -0.2) is 4.39 Å². The minimum atomic E-state index is -0.649. The van der Waals surface area contributed by atoms with E-state index in [0.717, 1.165) is 31.2 Å². The van der Waals surface area contributed by atoms with E-state index in [1.165, 1.54) is 23.5 Å². The average Bonchev–Trinajstić information content (AvgIpc) is 3.42. The van der Waals surface area contributed by atoms with Gasteiger partial charge in [0.1, 0.15) is 5.82 Å². The maximum atomic E-state index is 13.4. The van der Waals surface area contributed by atoms with Gasteiger partial charge in [0.15, 0.2) is 0 Å². The molecule has 0 radical (unpaired) electrons. The van der Waals surface area contributed by atoms with Crippen LogP contribution in [0.2, 0.25) is 0 Å². The molecular formula is C23H21FN2O2S. The molecule has 6 heteroatoms. The summed E-state index contributed by atoms with van der Waals surface area (Å²) in [5.41, 5.74) is 1.43. The van der Waals surface area contributed by atoms with Gasteiger partial charge in [0, 0.05) is 11.4 Å². The Morgan fingerprint density at radius 2 is 1.59 bits per heavy atom. The monoisotopic (exact) mass is 408 g/mol. The second-order valence-corrected chi connectivity index (χ2v) is 8.21. The van der Waals surface area contributed by atoms with Crippen LogP contribution in [0.5, 0.6) is 0 Å². The third-order valence-corrected chi connectivity index (χ3v) is 6.28. The summed E-state index contributed by atoms with van der Waals surface area (Å²) < 4.78 is 13.4. The number of carbonyl (C=O) groups is 2. The smallest absolute Gasteiger partial charge is 0.265 e. The Morgan fingerprint density at radius 3 is 2.24 bits per heavy atom. The van der Waals surface area contributed by atoms with E-state index in [1.807, 2.05) is 11.4 Å². The van der Waals surface area contributed by atoms with E-state index in [0.29, 0.717) is 16.3 Å². The van der Waals surface area contributed by atoms with Crippen molar-refractivity contribution in [2.45, 2.75) is 31.1 Å². The summed E-state index contributed by atoms with van der Waals surface area (Å²) in [6.45, 7) is 0. The fourth-order valence-corrected chi connectivity index (χ4v) is 4.54. The first-order valence-corrected chi connectivity index (χ1v) is 10.5. The fourth-order valence-electron chi connectivity index (χ4n) is 3.92. The van der Waals surface area contributed by atoms with Crippen LogP contribution in [0.1, 0.15) is 40.9 Å². The van der Waals surface area contributed by atoms with E-state index in [-0.39, 0.29) is 17.6 Å². The minimum Gasteiger partial charge on any atom is -0.325 e. The van der Waals surface area contributed by atoms with Crippen molar-refractivity contribution in [2.24, 2.45) is 0 Å². The van der Waals surface area contributed by atoms with Gasteiger partial charge >= 0.3 is 0 Å². The summed E-state index contributed by atoms with van der Waals surface area (Å²) in [7, 11) is 0. The highest BCUT2D eigenvalue weighted by Gasteiger charge is 2.42. The summed E-state index contributed by atoms with van der Waals surface area (Å²) in [6, 6.07) is 16.9. The zero-order valence-electron chi connectivity index (χ0n) is 15.8. The molecule has 1 aliphatic carbocycles. The van der Waals surface area contributed by atoms with Gasteiger partial charge in [-0.05, 0) is 60.2 Å². The molecule has 4 rings (SSSR count). The van der Waals surface area contributed by atoms with E-state index in [2.05, 4.69) is 10.6 Å². The first kappa shape index (κ1) is 19.3. The van der Waals surface area contributed by atoms with Gasteiger partial charge in [-0.15, -0.1) is 11.3 Å². The molecule has 0 aliphatic heterocycles. The zero-order chi connectivity index (χ0) is 20.3. The molecule has 2 N–H and O–H groups in total. The molecule has 0 atom stereocenters. The maximum absolute atomic E-state index is 13.4. The van der Waals surface area contributed by atoms with Gasteiger partial charge in [-0.3, -0.25) is 9.59 Å². The molecule has 0 spiro atoms. The molecule has 0 unspecified atom stereocenters. The largest absolute Gasteiger partial charge is 0.325 e. The summed E-state index contributed by atoms with van der Waals surface area (Å²) in [4.78, 5) is 26.1. The quantitative estimate of drug-likeness (QED) is 0.578. The Hall–Kier alpha value is -2.99. The lowest BCUT2D eigenvalue weighted by atomic mass is 9.78. The Balaban J connectivity index is 1.52. The molecule has 148 valence electrons. The van der Waals surface area contributed by atoms with E-state index in [4.69, 9.17) is 0 Å². The molecule has 1 fully saturated rings. The van der Waals surface area contributed by atoms with Gasteiger partial charge in [-0.2, -0.15) is 0 Å². The molecule has 0 bridgehead atoms. The SMILES string of the molecule is O=C(Nc1cccc(NC(=O)C2(c3ccc(F)cc3)CCCC2)c1)c1cccs1. The van der Waals surface area contributed by atoms with Crippen molar-refractivity contribution in [3.05, 3.63) is 82.3 Å². The highest BCUT2D eigenvalue weighted by molar-refractivity contribution is 7.12. The van der Waals surface area contributed by atoms with E-state index < -0.39 is 5.41 Å². The lowest BCUT2D eigenvalue weighted by molar-refractivity contribution is -0.121. The predicted molar refractivity (Wildman–Crippen MR) is 114 cm³/mol. The van der Waals surface area contributed by atoms with Crippen LogP contribution in [-0.2, 0) is 10.2 Å². The molecule has 2 amide bonds. The van der Waals surface area contributed by atoms with Crippen molar-refractivity contribution in [3.63, 3.8) is 0 Å². The van der Waals surface area contributed by atoms with Crippen LogP contribution < -0.4 is 10.6 Å². The van der Waals surface area contributed by atoms with Crippen LogP contribution >= 0.6 is 11.3 Å². The summed E-state index contributed by atoms with van der Waals surface area (Å²) >= 11 is 1.37. The third-order valence-electron chi connectivity index (χ3n) is 5.41. The Kier molecular flexibility index (Phi) is 5.45. The molecular weight excluding hydrogens is 387 g/mol. The number of carbonyl (C=O) groups excluding carboxylic acids is 2. The molecule has 29 heavy (non-hydrogen) atoms. The number of anilines is 2. The van der Waals surface area contributed by atoms with Crippen LogP contribution in [0.4, 0.5) is 15.8 Å². The Labute approximate surface area is 172 Å².